The van der Waals surface area contributed by atoms with Crippen molar-refractivity contribution in [2.75, 3.05) is 23.6 Å². The second kappa shape index (κ2) is 6.11. The van der Waals surface area contributed by atoms with Gasteiger partial charge in [0.1, 0.15) is 0 Å². The number of piperidine rings is 1. The molecular formula is C13H19ClN2O2S. The van der Waals surface area contributed by atoms with Crippen molar-refractivity contribution >= 4 is 27.3 Å². The van der Waals surface area contributed by atoms with E-state index in [1.165, 1.54) is 0 Å². The van der Waals surface area contributed by atoms with E-state index in [1.54, 1.807) is 12.1 Å². The van der Waals surface area contributed by atoms with Crippen molar-refractivity contribution in [2.24, 2.45) is 5.92 Å². The minimum absolute atomic E-state index is 0.143. The van der Waals surface area contributed by atoms with Gasteiger partial charge in [-0.05, 0) is 56.5 Å². The van der Waals surface area contributed by atoms with Gasteiger partial charge in [-0.2, -0.15) is 0 Å². The molecule has 1 aromatic carbocycles. The van der Waals surface area contributed by atoms with Crippen LogP contribution in [0.2, 0.25) is 5.02 Å². The van der Waals surface area contributed by atoms with Crippen LogP contribution >= 0.6 is 11.6 Å². The molecule has 0 aromatic heterocycles. The molecule has 1 atom stereocenters. The maximum absolute atomic E-state index is 12.1. The van der Waals surface area contributed by atoms with Gasteiger partial charge in [0.2, 0.25) is 10.0 Å². The number of hydrogen-bond donors (Lipinski definition) is 2. The Morgan fingerprint density at radius 1 is 1.47 bits per heavy atom. The van der Waals surface area contributed by atoms with E-state index in [0.29, 0.717) is 10.7 Å². The van der Waals surface area contributed by atoms with Crippen LogP contribution in [0.15, 0.2) is 18.2 Å². The molecule has 0 aliphatic carbocycles. The summed E-state index contributed by atoms with van der Waals surface area (Å²) < 4.78 is 26.9. The summed E-state index contributed by atoms with van der Waals surface area (Å²) in [5.74, 6) is 0.319. The van der Waals surface area contributed by atoms with E-state index in [9.17, 15) is 8.42 Å². The summed E-state index contributed by atoms with van der Waals surface area (Å²) in [6.45, 7) is 3.65. The topological polar surface area (TPSA) is 58.2 Å². The van der Waals surface area contributed by atoms with Crippen molar-refractivity contribution < 1.29 is 8.42 Å². The summed E-state index contributed by atoms with van der Waals surface area (Å²) in [5.41, 5.74) is 1.44. The van der Waals surface area contributed by atoms with Gasteiger partial charge < -0.3 is 5.32 Å². The van der Waals surface area contributed by atoms with Crippen molar-refractivity contribution in [1.82, 2.24) is 5.32 Å². The largest absolute Gasteiger partial charge is 0.316 e. The van der Waals surface area contributed by atoms with Crippen molar-refractivity contribution in [3.05, 3.63) is 28.8 Å². The molecule has 6 heteroatoms. The first kappa shape index (κ1) is 14.6. The molecule has 2 N–H and O–H groups in total. The highest BCUT2D eigenvalue weighted by atomic mass is 35.5. The van der Waals surface area contributed by atoms with E-state index < -0.39 is 10.0 Å². The van der Waals surface area contributed by atoms with Gasteiger partial charge >= 0.3 is 0 Å². The molecule has 106 valence electrons. The first-order valence-electron chi connectivity index (χ1n) is 6.44. The van der Waals surface area contributed by atoms with E-state index in [0.717, 1.165) is 31.5 Å². The third kappa shape index (κ3) is 4.37. The molecule has 1 heterocycles. The second-order valence-corrected chi connectivity index (χ2v) is 7.25. The van der Waals surface area contributed by atoms with Gasteiger partial charge in [-0.25, -0.2) is 8.42 Å². The van der Waals surface area contributed by atoms with E-state index in [2.05, 4.69) is 10.0 Å². The predicted molar refractivity (Wildman–Crippen MR) is 79.2 cm³/mol. The van der Waals surface area contributed by atoms with Crippen molar-refractivity contribution in [3.63, 3.8) is 0 Å². The van der Waals surface area contributed by atoms with E-state index >= 15 is 0 Å². The Balaban J connectivity index is 2.05. The van der Waals surface area contributed by atoms with E-state index in [4.69, 9.17) is 11.6 Å². The zero-order valence-corrected chi connectivity index (χ0v) is 12.5. The van der Waals surface area contributed by atoms with Crippen LogP contribution in [-0.2, 0) is 10.0 Å². The summed E-state index contributed by atoms with van der Waals surface area (Å²) >= 11 is 6.01. The lowest BCUT2D eigenvalue weighted by Crippen LogP contribution is -2.35. The summed E-state index contributed by atoms with van der Waals surface area (Å²) in [7, 11) is -3.35. The third-order valence-corrected chi connectivity index (χ3v) is 5.01. The van der Waals surface area contributed by atoms with Gasteiger partial charge in [0.05, 0.1) is 16.5 Å². The molecule has 2 rings (SSSR count). The number of rotatable bonds is 4. The van der Waals surface area contributed by atoms with Crippen molar-refractivity contribution in [1.29, 1.82) is 0 Å². The number of hydrogen-bond acceptors (Lipinski definition) is 3. The molecule has 1 fully saturated rings. The molecule has 1 aliphatic rings. The van der Waals surface area contributed by atoms with E-state index in [-0.39, 0.29) is 11.7 Å². The molecule has 0 spiro atoms. The minimum Gasteiger partial charge on any atom is -0.316 e. The van der Waals surface area contributed by atoms with Crippen LogP contribution < -0.4 is 10.0 Å². The number of sulfonamides is 1. The molecule has 19 heavy (non-hydrogen) atoms. The lowest BCUT2D eigenvalue weighted by Gasteiger charge is -2.22. The molecule has 1 unspecified atom stereocenters. The number of anilines is 1. The Labute approximate surface area is 119 Å². The molecule has 1 aromatic rings. The van der Waals surface area contributed by atoms with Crippen LogP contribution in [0.4, 0.5) is 5.69 Å². The zero-order chi connectivity index (χ0) is 13.9. The average molecular weight is 303 g/mol. The fourth-order valence-electron chi connectivity index (χ4n) is 2.30. The van der Waals surface area contributed by atoms with Gasteiger partial charge in [-0.3, -0.25) is 4.72 Å². The van der Waals surface area contributed by atoms with Gasteiger partial charge in [-0.1, -0.05) is 17.7 Å². The second-order valence-electron chi connectivity index (χ2n) is 5.08. The predicted octanol–water partition coefficient (Wildman–Crippen LogP) is 2.39. The Morgan fingerprint density at radius 2 is 2.26 bits per heavy atom. The smallest absolute Gasteiger partial charge is 0.233 e. The molecule has 4 nitrogen and oxygen atoms in total. The molecule has 0 bridgehead atoms. The maximum Gasteiger partial charge on any atom is 0.233 e. The van der Waals surface area contributed by atoms with Crippen molar-refractivity contribution in [2.45, 2.75) is 19.8 Å². The van der Waals surface area contributed by atoms with E-state index in [1.807, 2.05) is 13.0 Å². The minimum atomic E-state index is -3.35. The third-order valence-electron chi connectivity index (χ3n) is 3.24. The van der Waals surface area contributed by atoms with Crippen LogP contribution in [-0.4, -0.2) is 27.3 Å². The van der Waals surface area contributed by atoms with Crippen LogP contribution in [0.3, 0.4) is 0 Å². The fraction of sp³-hybridized carbons (Fsp3) is 0.538. The fourth-order valence-corrected chi connectivity index (χ4v) is 4.02. The monoisotopic (exact) mass is 302 g/mol. The zero-order valence-electron chi connectivity index (χ0n) is 10.9. The van der Waals surface area contributed by atoms with Crippen LogP contribution in [0.1, 0.15) is 18.4 Å². The molecule has 0 saturated carbocycles. The SMILES string of the molecule is Cc1ccc(Cl)c(NS(=O)(=O)CC2CCCNC2)c1. The Bertz CT molecular complexity index is 540. The maximum atomic E-state index is 12.1. The summed E-state index contributed by atoms with van der Waals surface area (Å²) in [4.78, 5) is 0. The highest BCUT2D eigenvalue weighted by Gasteiger charge is 2.21. The highest BCUT2D eigenvalue weighted by Crippen LogP contribution is 2.24. The summed E-state index contributed by atoms with van der Waals surface area (Å²) in [6.07, 6.45) is 1.99. The Hall–Kier alpha value is -0.780. The first-order chi connectivity index (χ1) is 8.96. The number of nitrogens with one attached hydrogen (secondary N) is 2. The molecule has 1 aliphatic heterocycles. The quantitative estimate of drug-likeness (QED) is 0.898. The van der Waals surface area contributed by atoms with Crippen LogP contribution in [0.25, 0.3) is 0 Å². The standard InChI is InChI=1S/C13H19ClN2O2S/c1-10-4-5-12(14)13(7-10)16-19(17,18)9-11-3-2-6-15-8-11/h4-5,7,11,15-16H,2-3,6,8-9H2,1H3. The normalized spacial score (nSPS) is 20.2. The number of benzene rings is 1. The van der Waals surface area contributed by atoms with Gasteiger partial charge in [-0.15, -0.1) is 0 Å². The van der Waals surface area contributed by atoms with Crippen LogP contribution in [0.5, 0.6) is 0 Å². The highest BCUT2D eigenvalue weighted by molar-refractivity contribution is 7.92. The van der Waals surface area contributed by atoms with Gasteiger partial charge in [0.15, 0.2) is 0 Å². The summed E-state index contributed by atoms with van der Waals surface area (Å²) in [5, 5.41) is 3.65. The van der Waals surface area contributed by atoms with Crippen molar-refractivity contribution in [3.8, 4) is 0 Å². The Kier molecular flexibility index (Phi) is 4.71. The Morgan fingerprint density at radius 3 is 2.95 bits per heavy atom. The summed E-state index contributed by atoms with van der Waals surface area (Å²) in [6, 6.07) is 5.31. The number of aryl methyl sites for hydroxylation is 1. The molecule has 1 saturated heterocycles. The lowest BCUT2D eigenvalue weighted by atomic mass is 10.0. The van der Waals surface area contributed by atoms with Gasteiger partial charge in [0.25, 0.3) is 0 Å². The average Bonchev–Trinajstić information content (AvgIpc) is 2.34. The first-order valence-corrected chi connectivity index (χ1v) is 8.47. The number of halogens is 1. The van der Waals surface area contributed by atoms with Gasteiger partial charge in [0, 0.05) is 0 Å². The lowest BCUT2D eigenvalue weighted by molar-refractivity contribution is 0.404. The molecular weight excluding hydrogens is 284 g/mol. The van der Waals surface area contributed by atoms with Crippen LogP contribution in [0, 0.1) is 12.8 Å². The molecule has 0 amide bonds. The molecule has 0 radical (unpaired) electrons.